The molecule has 1 aromatic carbocycles. The summed E-state index contributed by atoms with van der Waals surface area (Å²) in [5.74, 6) is 0.0930. The Kier molecular flexibility index (Phi) is 3.54. The fraction of sp³-hybridized carbons (Fsp3) is 0.538. The normalized spacial score (nSPS) is 18.9. The highest BCUT2D eigenvalue weighted by Gasteiger charge is 2.17. The average molecular weight is 225 g/mol. The van der Waals surface area contributed by atoms with Gasteiger partial charge in [-0.15, -0.1) is 0 Å². The maximum absolute atomic E-state index is 13.4. The molecule has 1 heterocycles. The molecule has 0 spiro atoms. The first-order chi connectivity index (χ1) is 7.65. The Morgan fingerprint density at radius 3 is 2.62 bits per heavy atom. The zero-order valence-corrected chi connectivity index (χ0v) is 9.55. The van der Waals surface area contributed by atoms with Crippen LogP contribution in [0.15, 0.2) is 18.2 Å². The van der Waals surface area contributed by atoms with E-state index in [0.29, 0.717) is 12.1 Å². The molecule has 1 saturated heterocycles. The average Bonchev–Trinajstić information content (AvgIpc) is 2.27. The standard InChI is InChI=1S/C13H17F2N/c1-10-4-6-16(7-5-10)9-11-8-12(14)2-3-13(11)15/h2-3,8,10H,4-7,9H2,1H3. The van der Waals surface area contributed by atoms with Gasteiger partial charge in [0.2, 0.25) is 0 Å². The lowest BCUT2D eigenvalue weighted by atomic mass is 9.99. The number of likely N-dealkylation sites (tertiary alicyclic amines) is 1. The molecule has 0 amide bonds. The van der Waals surface area contributed by atoms with Crippen LogP contribution in [0.2, 0.25) is 0 Å². The fourth-order valence-corrected chi connectivity index (χ4v) is 2.13. The number of hydrogen-bond donors (Lipinski definition) is 0. The third kappa shape index (κ3) is 2.79. The molecule has 1 aromatic rings. The smallest absolute Gasteiger partial charge is 0.127 e. The Labute approximate surface area is 95.1 Å². The van der Waals surface area contributed by atoms with Gasteiger partial charge in [0, 0.05) is 12.1 Å². The van der Waals surface area contributed by atoms with E-state index in [2.05, 4.69) is 11.8 Å². The zero-order chi connectivity index (χ0) is 11.5. The summed E-state index contributed by atoms with van der Waals surface area (Å²) in [5, 5.41) is 0. The minimum absolute atomic E-state index is 0.306. The van der Waals surface area contributed by atoms with Crippen LogP contribution in [0.4, 0.5) is 8.78 Å². The molecule has 1 aliphatic rings. The Morgan fingerprint density at radius 1 is 1.25 bits per heavy atom. The predicted molar refractivity (Wildman–Crippen MR) is 60.0 cm³/mol. The summed E-state index contributed by atoms with van der Waals surface area (Å²) < 4.78 is 26.4. The van der Waals surface area contributed by atoms with Gasteiger partial charge in [0.15, 0.2) is 0 Å². The van der Waals surface area contributed by atoms with E-state index in [9.17, 15) is 8.78 Å². The SMILES string of the molecule is CC1CCN(Cc2cc(F)ccc2F)CC1. The van der Waals surface area contributed by atoms with Gasteiger partial charge in [-0.3, -0.25) is 4.90 Å². The molecule has 0 aliphatic carbocycles. The van der Waals surface area contributed by atoms with Gasteiger partial charge < -0.3 is 0 Å². The Balaban J connectivity index is 2.00. The molecule has 1 aliphatic heterocycles. The number of nitrogens with zero attached hydrogens (tertiary/aromatic N) is 1. The second-order valence-corrected chi connectivity index (χ2v) is 4.69. The lowest BCUT2D eigenvalue weighted by Crippen LogP contribution is -2.32. The van der Waals surface area contributed by atoms with Crippen LogP contribution in [0.1, 0.15) is 25.3 Å². The second-order valence-electron chi connectivity index (χ2n) is 4.69. The molecular formula is C13H17F2N. The van der Waals surface area contributed by atoms with Crippen LogP contribution in [0, 0.1) is 17.6 Å². The second kappa shape index (κ2) is 4.91. The maximum Gasteiger partial charge on any atom is 0.127 e. The van der Waals surface area contributed by atoms with Crippen molar-refractivity contribution >= 4 is 0 Å². The van der Waals surface area contributed by atoms with Crippen molar-refractivity contribution in [1.82, 2.24) is 4.90 Å². The lowest BCUT2D eigenvalue weighted by Gasteiger charge is -2.30. The van der Waals surface area contributed by atoms with E-state index in [1.54, 1.807) is 0 Å². The van der Waals surface area contributed by atoms with E-state index in [4.69, 9.17) is 0 Å². The van der Waals surface area contributed by atoms with E-state index >= 15 is 0 Å². The van der Waals surface area contributed by atoms with Gasteiger partial charge >= 0.3 is 0 Å². The lowest BCUT2D eigenvalue weighted by molar-refractivity contribution is 0.183. The van der Waals surface area contributed by atoms with Crippen LogP contribution in [0.5, 0.6) is 0 Å². The van der Waals surface area contributed by atoms with Crippen molar-refractivity contribution in [2.75, 3.05) is 13.1 Å². The molecule has 3 heteroatoms. The van der Waals surface area contributed by atoms with Crippen molar-refractivity contribution in [1.29, 1.82) is 0 Å². The van der Waals surface area contributed by atoms with Crippen LogP contribution in [-0.4, -0.2) is 18.0 Å². The molecular weight excluding hydrogens is 208 g/mol. The molecule has 2 rings (SSSR count). The monoisotopic (exact) mass is 225 g/mol. The summed E-state index contributed by atoms with van der Waals surface area (Å²) >= 11 is 0. The fourth-order valence-electron chi connectivity index (χ4n) is 2.13. The van der Waals surface area contributed by atoms with Gasteiger partial charge in [-0.1, -0.05) is 6.92 Å². The Bertz CT molecular complexity index is 357. The molecule has 16 heavy (non-hydrogen) atoms. The molecule has 0 atom stereocenters. The van der Waals surface area contributed by atoms with Crippen molar-refractivity contribution < 1.29 is 8.78 Å². The molecule has 88 valence electrons. The molecule has 1 nitrogen and oxygen atoms in total. The number of benzene rings is 1. The van der Waals surface area contributed by atoms with Gasteiger partial charge in [-0.2, -0.15) is 0 Å². The number of halogens is 2. The molecule has 0 aromatic heterocycles. The number of piperidine rings is 1. The van der Waals surface area contributed by atoms with Crippen molar-refractivity contribution in [3.8, 4) is 0 Å². The van der Waals surface area contributed by atoms with E-state index in [1.165, 1.54) is 12.1 Å². The van der Waals surface area contributed by atoms with Crippen molar-refractivity contribution in [2.24, 2.45) is 5.92 Å². The highest BCUT2D eigenvalue weighted by atomic mass is 19.1. The van der Waals surface area contributed by atoms with Gasteiger partial charge in [-0.25, -0.2) is 8.78 Å². The third-order valence-corrected chi connectivity index (χ3v) is 3.28. The summed E-state index contributed by atoms with van der Waals surface area (Å²) in [6.45, 7) is 4.73. The highest BCUT2D eigenvalue weighted by molar-refractivity contribution is 5.18. The van der Waals surface area contributed by atoms with Crippen molar-refractivity contribution in [2.45, 2.75) is 26.3 Å². The summed E-state index contributed by atoms with van der Waals surface area (Å²) in [6, 6.07) is 3.67. The quantitative estimate of drug-likeness (QED) is 0.747. The van der Waals surface area contributed by atoms with Crippen LogP contribution in [0.25, 0.3) is 0 Å². The maximum atomic E-state index is 13.4. The molecule has 0 N–H and O–H groups in total. The largest absolute Gasteiger partial charge is 0.299 e. The number of hydrogen-bond acceptors (Lipinski definition) is 1. The van der Waals surface area contributed by atoms with Gasteiger partial charge in [0.25, 0.3) is 0 Å². The molecule has 0 saturated carbocycles. The first kappa shape index (κ1) is 11.5. The van der Waals surface area contributed by atoms with E-state index in [0.717, 1.165) is 37.9 Å². The third-order valence-electron chi connectivity index (χ3n) is 3.28. The topological polar surface area (TPSA) is 3.24 Å². The predicted octanol–water partition coefficient (Wildman–Crippen LogP) is 3.20. The highest BCUT2D eigenvalue weighted by Crippen LogP contribution is 2.19. The zero-order valence-electron chi connectivity index (χ0n) is 9.55. The first-order valence-electron chi connectivity index (χ1n) is 5.81. The van der Waals surface area contributed by atoms with E-state index in [-0.39, 0.29) is 11.6 Å². The molecule has 0 bridgehead atoms. The molecule has 0 radical (unpaired) electrons. The first-order valence-corrected chi connectivity index (χ1v) is 5.81. The molecule has 0 unspecified atom stereocenters. The van der Waals surface area contributed by atoms with Crippen LogP contribution in [-0.2, 0) is 6.54 Å². The summed E-state index contributed by atoms with van der Waals surface area (Å²) in [4.78, 5) is 2.19. The Hall–Kier alpha value is -0.960. The van der Waals surface area contributed by atoms with Crippen LogP contribution < -0.4 is 0 Å². The summed E-state index contributed by atoms with van der Waals surface area (Å²) in [7, 11) is 0. The number of rotatable bonds is 2. The van der Waals surface area contributed by atoms with Crippen LogP contribution >= 0.6 is 0 Å². The summed E-state index contributed by atoms with van der Waals surface area (Å²) in [6.07, 6.45) is 2.30. The summed E-state index contributed by atoms with van der Waals surface area (Å²) in [5.41, 5.74) is 0.467. The van der Waals surface area contributed by atoms with Crippen molar-refractivity contribution in [3.63, 3.8) is 0 Å². The van der Waals surface area contributed by atoms with Crippen molar-refractivity contribution in [3.05, 3.63) is 35.4 Å². The van der Waals surface area contributed by atoms with Gasteiger partial charge in [-0.05, 0) is 50.0 Å². The van der Waals surface area contributed by atoms with E-state index < -0.39 is 0 Å². The molecule has 1 fully saturated rings. The van der Waals surface area contributed by atoms with Crippen LogP contribution in [0.3, 0.4) is 0 Å². The van der Waals surface area contributed by atoms with E-state index in [1.807, 2.05) is 0 Å². The van der Waals surface area contributed by atoms with Gasteiger partial charge in [0.05, 0.1) is 0 Å². The Morgan fingerprint density at radius 2 is 1.94 bits per heavy atom. The minimum atomic E-state index is -0.359. The minimum Gasteiger partial charge on any atom is -0.299 e. The van der Waals surface area contributed by atoms with Gasteiger partial charge in [0.1, 0.15) is 11.6 Å².